The van der Waals surface area contributed by atoms with Gasteiger partial charge in [0.2, 0.25) is 0 Å². The Morgan fingerprint density at radius 2 is 1.95 bits per heavy atom. The van der Waals surface area contributed by atoms with Crippen molar-refractivity contribution in [3.8, 4) is 5.75 Å². The summed E-state index contributed by atoms with van der Waals surface area (Å²) >= 11 is 0. The van der Waals surface area contributed by atoms with Gasteiger partial charge in [-0.1, -0.05) is 20.8 Å². The maximum atomic E-state index is 12.5. The van der Waals surface area contributed by atoms with Gasteiger partial charge >= 0.3 is 0 Å². The lowest BCUT2D eigenvalue weighted by Gasteiger charge is -2.27. The van der Waals surface area contributed by atoms with Gasteiger partial charge in [0, 0.05) is 5.56 Å². The first-order chi connectivity index (χ1) is 9.08. The van der Waals surface area contributed by atoms with Crippen LogP contribution in [0, 0.1) is 0 Å². The third-order valence-electron chi connectivity index (χ3n) is 3.46. The molecule has 0 fully saturated rings. The fourth-order valence-corrected chi connectivity index (χ4v) is 2.35. The van der Waals surface area contributed by atoms with E-state index < -0.39 is 0 Å². The van der Waals surface area contributed by atoms with Crippen LogP contribution in [0.1, 0.15) is 37.6 Å². The zero-order chi connectivity index (χ0) is 14.4. The molecule has 19 heavy (non-hydrogen) atoms. The predicted molar refractivity (Wildman–Crippen MR) is 78.7 cm³/mol. The van der Waals surface area contributed by atoms with E-state index in [4.69, 9.17) is 10.5 Å². The predicted octanol–water partition coefficient (Wildman–Crippen LogP) is 2.58. The molecule has 0 aliphatic carbocycles. The first-order valence-corrected chi connectivity index (χ1v) is 6.80. The van der Waals surface area contributed by atoms with Crippen LogP contribution in [0.2, 0.25) is 0 Å². The molecule has 106 valence electrons. The van der Waals surface area contributed by atoms with E-state index in [0.717, 1.165) is 19.5 Å². The molecular weight excluding hydrogens is 240 g/mol. The number of methoxy groups -OCH3 is 1. The minimum absolute atomic E-state index is 0.0807. The molecule has 1 atom stereocenters. The molecule has 0 heterocycles. The average Bonchev–Trinajstić information content (AvgIpc) is 2.43. The van der Waals surface area contributed by atoms with Crippen molar-refractivity contribution in [1.29, 1.82) is 0 Å². The van der Waals surface area contributed by atoms with E-state index in [-0.39, 0.29) is 11.8 Å². The Kier molecular flexibility index (Phi) is 5.83. The van der Waals surface area contributed by atoms with Crippen molar-refractivity contribution in [3.05, 3.63) is 23.8 Å². The summed E-state index contributed by atoms with van der Waals surface area (Å²) in [6.07, 6.45) is 0.798. The quantitative estimate of drug-likeness (QED) is 0.607. The highest BCUT2D eigenvalue weighted by atomic mass is 16.5. The molecule has 1 aromatic carbocycles. The molecule has 0 aliphatic heterocycles. The Morgan fingerprint density at radius 3 is 2.37 bits per heavy atom. The van der Waals surface area contributed by atoms with Crippen LogP contribution in [-0.2, 0) is 0 Å². The number of anilines is 1. The highest BCUT2D eigenvalue weighted by Gasteiger charge is 2.23. The number of nitrogens with zero attached hydrogens (tertiary/aromatic N) is 1. The van der Waals surface area contributed by atoms with Crippen LogP contribution in [0.15, 0.2) is 18.2 Å². The fraction of sp³-hybridized carbons (Fsp3) is 0.533. The summed E-state index contributed by atoms with van der Waals surface area (Å²) < 4.78 is 5.11. The van der Waals surface area contributed by atoms with Gasteiger partial charge in [-0.25, -0.2) is 0 Å². The Morgan fingerprint density at radius 1 is 1.32 bits per heavy atom. The van der Waals surface area contributed by atoms with E-state index in [0.29, 0.717) is 17.0 Å². The van der Waals surface area contributed by atoms with Crippen molar-refractivity contribution >= 4 is 11.5 Å². The molecule has 4 heteroatoms. The van der Waals surface area contributed by atoms with Crippen molar-refractivity contribution in [2.24, 2.45) is 0 Å². The van der Waals surface area contributed by atoms with Crippen molar-refractivity contribution < 1.29 is 9.53 Å². The number of ketones is 1. The molecule has 0 bridgehead atoms. The van der Waals surface area contributed by atoms with Crippen LogP contribution in [-0.4, -0.2) is 36.9 Å². The van der Waals surface area contributed by atoms with E-state index in [1.807, 2.05) is 6.92 Å². The number of hydrogen-bond donors (Lipinski definition) is 1. The number of carbonyl (C=O) groups is 1. The number of nitrogen functional groups attached to an aromatic ring is 1. The number of carbonyl (C=O) groups excluding carboxylic acids is 1. The van der Waals surface area contributed by atoms with Gasteiger partial charge < -0.3 is 10.5 Å². The summed E-state index contributed by atoms with van der Waals surface area (Å²) in [7, 11) is 1.57. The number of Topliss-reactive ketones (excluding diaryl/α,β-unsaturated/α-hetero) is 1. The molecule has 0 aromatic heterocycles. The lowest BCUT2D eigenvalue weighted by Crippen LogP contribution is -2.40. The van der Waals surface area contributed by atoms with Crippen LogP contribution in [0.5, 0.6) is 5.75 Å². The minimum atomic E-state index is -0.0807. The summed E-state index contributed by atoms with van der Waals surface area (Å²) in [5.74, 6) is 0.730. The fourth-order valence-electron chi connectivity index (χ4n) is 2.35. The molecule has 0 saturated heterocycles. The molecule has 4 nitrogen and oxygen atoms in total. The third-order valence-corrected chi connectivity index (χ3v) is 3.46. The molecule has 0 aliphatic rings. The number of hydrogen-bond acceptors (Lipinski definition) is 4. The molecule has 0 saturated carbocycles. The number of rotatable bonds is 7. The van der Waals surface area contributed by atoms with Gasteiger partial charge in [-0.3, -0.25) is 9.69 Å². The van der Waals surface area contributed by atoms with Gasteiger partial charge in [-0.05, 0) is 37.7 Å². The Balaban J connectivity index is 3.00. The number of ether oxygens (including phenoxy) is 1. The maximum Gasteiger partial charge on any atom is 0.180 e. The maximum absolute atomic E-state index is 12.5. The molecule has 1 aromatic rings. The summed E-state index contributed by atoms with van der Waals surface area (Å²) in [4.78, 5) is 14.7. The van der Waals surface area contributed by atoms with Gasteiger partial charge in [0.05, 0.1) is 18.8 Å². The SMILES string of the molecule is CCC(C(=O)c1ccc(OC)c(N)c1)N(CC)CC. The zero-order valence-electron chi connectivity index (χ0n) is 12.3. The Labute approximate surface area is 115 Å². The largest absolute Gasteiger partial charge is 0.495 e. The minimum Gasteiger partial charge on any atom is -0.495 e. The summed E-state index contributed by atoms with van der Waals surface area (Å²) in [5, 5.41) is 0. The summed E-state index contributed by atoms with van der Waals surface area (Å²) in [6, 6.07) is 5.15. The molecular formula is C15H24N2O2. The molecule has 0 amide bonds. The van der Waals surface area contributed by atoms with Gasteiger partial charge in [0.25, 0.3) is 0 Å². The van der Waals surface area contributed by atoms with Crippen molar-refractivity contribution in [3.63, 3.8) is 0 Å². The first kappa shape index (κ1) is 15.5. The van der Waals surface area contributed by atoms with Crippen LogP contribution in [0.4, 0.5) is 5.69 Å². The van der Waals surface area contributed by atoms with Crippen LogP contribution in [0.25, 0.3) is 0 Å². The zero-order valence-corrected chi connectivity index (χ0v) is 12.3. The summed E-state index contributed by atoms with van der Waals surface area (Å²) in [6.45, 7) is 7.91. The molecule has 0 spiro atoms. The number of nitrogens with two attached hydrogens (primary N) is 1. The monoisotopic (exact) mass is 264 g/mol. The second-order valence-electron chi connectivity index (χ2n) is 4.47. The highest BCUT2D eigenvalue weighted by Crippen LogP contribution is 2.23. The van der Waals surface area contributed by atoms with Crippen LogP contribution < -0.4 is 10.5 Å². The number of likely N-dealkylation sites (N-methyl/N-ethyl adjacent to an activating group) is 1. The lowest BCUT2D eigenvalue weighted by molar-refractivity contribution is 0.0826. The summed E-state index contributed by atoms with van der Waals surface area (Å²) in [5.41, 5.74) is 7.01. The van der Waals surface area contributed by atoms with Crippen molar-refractivity contribution in [1.82, 2.24) is 4.90 Å². The molecule has 1 rings (SSSR count). The van der Waals surface area contributed by atoms with Crippen molar-refractivity contribution in [2.45, 2.75) is 33.2 Å². The third kappa shape index (κ3) is 3.47. The lowest BCUT2D eigenvalue weighted by atomic mass is 10.00. The topological polar surface area (TPSA) is 55.6 Å². The second-order valence-corrected chi connectivity index (χ2v) is 4.47. The Hall–Kier alpha value is -1.55. The normalized spacial score (nSPS) is 12.5. The van der Waals surface area contributed by atoms with E-state index in [2.05, 4.69) is 18.7 Å². The van der Waals surface area contributed by atoms with Crippen LogP contribution in [0.3, 0.4) is 0 Å². The van der Waals surface area contributed by atoms with Gasteiger partial charge in [0.1, 0.15) is 5.75 Å². The Bertz CT molecular complexity index is 428. The molecule has 0 radical (unpaired) electrons. The van der Waals surface area contributed by atoms with Gasteiger partial charge in [0.15, 0.2) is 5.78 Å². The van der Waals surface area contributed by atoms with E-state index >= 15 is 0 Å². The molecule has 1 unspecified atom stereocenters. The second kappa shape index (κ2) is 7.14. The first-order valence-electron chi connectivity index (χ1n) is 6.80. The number of benzene rings is 1. The van der Waals surface area contributed by atoms with Crippen molar-refractivity contribution in [2.75, 3.05) is 25.9 Å². The highest BCUT2D eigenvalue weighted by molar-refractivity contribution is 6.01. The van der Waals surface area contributed by atoms with Gasteiger partial charge in [-0.2, -0.15) is 0 Å². The molecule has 2 N–H and O–H groups in total. The van der Waals surface area contributed by atoms with Crippen LogP contribution >= 0.6 is 0 Å². The smallest absolute Gasteiger partial charge is 0.180 e. The average molecular weight is 264 g/mol. The standard InChI is InChI=1S/C15H24N2O2/c1-5-13(17(6-2)7-3)15(18)11-8-9-14(19-4)12(16)10-11/h8-10,13H,5-7,16H2,1-4H3. The van der Waals surface area contributed by atoms with E-state index in [1.54, 1.807) is 25.3 Å². The van der Waals surface area contributed by atoms with E-state index in [1.165, 1.54) is 0 Å². The van der Waals surface area contributed by atoms with E-state index in [9.17, 15) is 4.79 Å². The van der Waals surface area contributed by atoms with Gasteiger partial charge in [-0.15, -0.1) is 0 Å².